The third-order valence-electron chi connectivity index (χ3n) is 4.28. The highest BCUT2D eigenvalue weighted by molar-refractivity contribution is 9.10. The first-order valence-corrected chi connectivity index (χ1v) is 8.92. The summed E-state index contributed by atoms with van der Waals surface area (Å²) in [5.41, 5.74) is 0.802. The van der Waals surface area contributed by atoms with E-state index in [1.165, 1.54) is 0 Å². The molecule has 2 heterocycles. The fourth-order valence-electron chi connectivity index (χ4n) is 2.84. The van der Waals surface area contributed by atoms with Gasteiger partial charge in [0.2, 0.25) is 0 Å². The molecule has 0 bridgehead atoms. The lowest BCUT2D eigenvalue weighted by Crippen LogP contribution is -2.38. The van der Waals surface area contributed by atoms with Crippen LogP contribution in [0.1, 0.15) is 12.2 Å². The predicted molar refractivity (Wildman–Crippen MR) is 97.8 cm³/mol. The van der Waals surface area contributed by atoms with Crippen molar-refractivity contribution in [1.82, 2.24) is 19.4 Å². The number of hydrogen-bond donors (Lipinski definition) is 1. The molecule has 1 aliphatic heterocycles. The lowest BCUT2D eigenvalue weighted by Gasteiger charge is -2.22. The highest BCUT2D eigenvalue weighted by atomic mass is 79.9. The number of nitrogens with zero attached hydrogens (tertiary/aromatic N) is 4. The molecule has 7 heteroatoms. The number of benzene rings is 1. The number of para-hydroxylation sites is 1. The van der Waals surface area contributed by atoms with Crippen LogP contribution in [-0.4, -0.2) is 51.6 Å². The summed E-state index contributed by atoms with van der Waals surface area (Å²) in [5, 5.41) is 2.98. The number of aryl methyl sites for hydroxylation is 1. The van der Waals surface area contributed by atoms with Gasteiger partial charge in [0, 0.05) is 50.1 Å². The number of anilines is 1. The predicted octanol–water partition coefficient (Wildman–Crippen LogP) is 2.92. The minimum atomic E-state index is -0.0410. The highest BCUT2D eigenvalue weighted by Crippen LogP contribution is 2.21. The lowest BCUT2D eigenvalue weighted by atomic mass is 10.3. The summed E-state index contributed by atoms with van der Waals surface area (Å²) in [6.07, 6.45) is 4.75. The van der Waals surface area contributed by atoms with Gasteiger partial charge in [0.05, 0.1) is 12.2 Å². The van der Waals surface area contributed by atoms with Gasteiger partial charge in [0.15, 0.2) is 0 Å². The summed E-state index contributed by atoms with van der Waals surface area (Å²) in [7, 11) is 2.01. The van der Waals surface area contributed by atoms with Gasteiger partial charge in [-0.2, -0.15) is 0 Å². The first-order valence-electron chi connectivity index (χ1n) is 8.12. The monoisotopic (exact) mass is 391 g/mol. The van der Waals surface area contributed by atoms with Crippen LogP contribution in [0.4, 0.5) is 10.5 Å². The number of imidazole rings is 1. The first kappa shape index (κ1) is 17.0. The van der Waals surface area contributed by atoms with E-state index in [1.807, 2.05) is 53.2 Å². The average molecular weight is 392 g/mol. The first-order chi connectivity index (χ1) is 11.6. The zero-order chi connectivity index (χ0) is 16.9. The summed E-state index contributed by atoms with van der Waals surface area (Å²) in [6, 6.07) is 7.62. The van der Waals surface area contributed by atoms with E-state index in [4.69, 9.17) is 0 Å². The van der Waals surface area contributed by atoms with E-state index in [9.17, 15) is 4.79 Å². The van der Waals surface area contributed by atoms with Crippen LogP contribution in [0.3, 0.4) is 0 Å². The van der Waals surface area contributed by atoms with Crippen LogP contribution in [0.15, 0.2) is 41.1 Å². The smallest absolute Gasteiger partial charge is 0.321 e. The number of aromatic nitrogens is 2. The topological polar surface area (TPSA) is 53.4 Å². The van der Waals surface area contributed by atoms with E-state index in [0.29, 0.717) is 0 Å². The molecule has 1 aliphatic rings. The minimum Gasteiger partial charge on any atom is -0.337 e. The van der Waals surface area contributed by atoms with Gasteiger partial charge in [-0.3, -0.25) is 4.90 Å². The van der Waals surface area contributed by atoms with E-state index >= 15 is 0 Å². The van der Waals surface area contributed by atoms with E-state index in [0.717, 1.165) is 55.1 Å². The highest BCUT2D eigenvalue weighted by Gasteiger charge is 2.20. The normalized spacial score (nSPS) is 16.0. The molecule has 1 N–H and O–H groups in total. The number of urea groups is 1. The van der Waals surface area contributed by atoms with Gasteiger partial charge in [-0.15, -0.1) is 0 Å². The molecule has 0 unspecified atom stereocenters. The summed E-state index contributed by atoms with van der Waals surface area (Å²) < 4.78 is 2.94. The van der Waals surface area contributed by atoms with Crippen molar-refractivity contribution >= 4 is 27.6 Å². The molecule has 2 amide bonds. The molecular weight excluding hydrogens is 370 g/mol. The van der Waals surface area contributed by atoms with Crippen molar-refractivity contribution in [1.29, 1.82) is 0 Å². The Hall–Kier alpha value is -1.86. The van der Waals surface area contributed by atoms with Crippen molar-refractivity contribution in [3.8, 4) is 0 Å². The molecule has 1 saturated heterocycles. The Morgan fingerprint density at radius 1 is 1.25 bits per heavy atom. The summed E-state index contributed by atoms with van der Waals surface area (Å²) >= 11 is 3.46. The number of carbonyl (C=O) groups excluding carboxylic acids is 1. The van der Waals surface area contributed by atoms with E-state index in [2.05, 4.69) is 31.1 Å². The minimum absolute atomic E-state index is 0.0410. The second-order valence-corrected chi connectivity index (χ2v) is 6.84. The number of carbonyl (C=O) groups is 1. The van der Waals surface area contributed by atoms with Crippen molar-refractivity contribution in [3.05, 3.63) is 47.0 Å². The van der Waals surface area contributed by atoms with Gasteiger partial charge in [-0.25, -0.2) is 9.78 Å². The number of amides is 2. The maximum absolute atomic E-state index is 12.5. The van der Waals surface area contributed by atoms with Crippen LogP contribution in [0.5, 0.6) is 0 Å². The number of halogens is 1. The summed E-state index contributed by atoms with van der Waals surface area (Å²) in [5.74, 6) is 1.06. The molecule has 2 aromatic rings. The van der Waals surface area contributed by atoms with Gasteiger partial charge in [0.1, 0.15) is 5.82 Å². The third-order valence-corrected chi connectivity index (χ3v) is 4.97. The van der Waals surface area contributed by atoms with Crippen LogP contribution in [0, 0.1) is 0 Å². The van der Waals surface area contributed by atoms with Gasteiger partial charge >= 0.3 is 6.03 Å². The summed E-state index contributed by atoms with van der Waals surface area (Å²) in [6.45, 7) is 4.15. The molecule has 1 aromatic carbocycles. The maximum Gasteiger partial charge on any atom is 0.321 e. The molecule has 0 atom stereocenters. The van der Waals surface area contributed by atoms with Crippen molar-refractivity contribution in [3.63, 3.8) is 0 Å². The number of hydrogen-bond acceptors (Lipinski definition) is 3. The van der Waals surface area contributed by atoms with Crippen molar-refractivity contribution in [2.75, 3.05) is 31.5 Å². The van der Waals surface area contributed by atoms with Crippen LogP contribution >= 0.6 is 15.9 Å². The quantitative estimate of drug-likeness (QED) is 0.874. The fraction of sp³-hybridized carbons (Fsp3) is 0.412. The third kappa shape index (κ3) is 4.15. The SMILES string of the molecule is Cn1ccnc1CN1CCCN(C(=O)Nc2ccccc2Br)CC1. The molecule has 0 aliphatic carbocycles. The molecular formula is C17H22BrN5O. The Morgan fingerprint density at radius 3 is 2.83 bits per heavy atom. The molecule has 0 spiro atoms. The van der Waals surface area contributed by atoms with Crippen LogP contribution in [0.2, 0.25) is 0 Å². The van der Waals surface area contributed by atoms with Crippen molar-refractivity contribution in [2.24, 2.45) is 7.05 Å². The Labute approximate surface area is 150 Å². The second-order valence-electron chi connectivity index (χ2n) is 5.98. The molecule has 128 valence electrons. The zero-order valence-electron chi connectivity index (χ0n) is 13.8. The zero-order valence-corrected chi connectivity index (χ0v) is 15.4. The number of nitrogens with one attached hydrogen (secondary N) is 1. The molecule has 0 saturated carbocycles. The molecule has 1 aromatic heterocycles. The Morgan fingerprint density at radius 2 is 2.08 bits per heavy atom. The van der Waals surface area contributed by atoms with E-state index in [-0.39, 0.29) is 6.03 Å². The fourth-order valence-corrected chi connectivity index (χ4v) is 3.22. The van der Waals surface area contributed by atoms with Crippen molar-refractivity contribution in [2.45, 2.75) is 13.0 Å². The van der Waals surface area contributed by atoms with Gasteiger partial charge in [-0.05, 0) is 34.5 Å². The maximum atomic E-state index is 12.5. The van der Waals surface area contributed by atoms with Crippen LogP contribution < -0.4 is 5.32 Å². The van der Waals surface area contributed by atoms with Gasteiger partial charge in [0.25, 0.3) is 0 Å². The number of rotatable bonds is 3. The Balaban J connectivity index is 1.56. The standard InChI is InChI=1S/C17H22BrN5O/c1-21-10-7-19-16(21)13-22-8-4-9-23(12-11-22)17(24)20-15-6-3-2-5-14(15)18/h2-3,5-7,10H,4,8-9,11-13H2,1H3,(H,20,24). The molecule has 3 rings (SSSR count). The summed E-state index contributed by atoms with van der Waals surface area (Å²) in [4.78, 5) is 21.1. The van der Waals surface area contributed by atoms with Crippen molar-refractivity contribution < 1.29 is 4.79 Å². The largest absolute Gasteiger partial charge is 0.337 e. The molecule has 0 radical (unpaired) electrons. The average Bonchev–Trinajstić information content (AvgIpc) is 2.83. The molecule has 1 fully saturated rings. The Kier molecular flexibility index (Phi) is 5.52. The van der Waals surface area contributed by atoms with Gasteiger partial charge in [-0.1, -0.05) is 12.1 Å². The van der Waals surface area contributed by atoms with Crippen LogP contribution in [-0.2, 0) is 13.6 Å². The molecule has 6 nitrogen and oxygen atoms in total. The molecule has 24 heavy (non-hydrogen) atoms. The second kappa shape index (κ2) is 7.81. The van der Waals surface area contributed by atoms with E-state index in [1.54, 1.807) is 0 Å². The van der Waals surface area contributed by atoms with Gasteiger partial charge < -0.3 is 14.8 Å². The van der Waals surface area contributed by atoms with Crippen LogP contribution in [0.25, 0.3) is 0 Å². The van der Waals surface area contributed by atoms with E-state index < -0.39 is 0 Å². The Bertz CT molecular complexity index is 702. The lowest BCUT2D eigenvalue weighted by molar-refractivity contribution is 0.210.